The molecule has 0 aliphatic heterocycles. The zero-order valence-corrected chi connectivity index (χ0v) is 18.4. The number of carbonyl (C=O) groups is 1. The summed E-state index contributed by atoms with van der Waals surface area (Å²) in [6.07, 6.45) is 4.65. The number of anilines is 1. The van der Waals surface area contributed by atoms with Gasteiger partial charge in [0.25, 0.3) is 5.91 Å². The molecule has 28 heavy (non-hydrogen) atoms. The quantitative estimate of drug-likeness (QED) is 0.249. The highest BCUT2D eigenvalue weighted by Crippen LogP contribution is 2.27. The number of benzene rings is 2. The number of fused-ring (bicyclic) bond motifs is 1. The van der Waals surface area contributed by atoms with Gasteiger partial charge in [-0.15, -0.1) is 24.0 Å². The lowest BCUT2D eigenvalue weighted by atomic mass is 9.90. The first-order valence-corrected chi connectivity index (χ1v) is 9.27. The number of halogens is 1. The van der Waals surface area contributed by atoms with Crippen LogP contribution in [0.5, 0.6) is 5.75 Å². The molecule has 150 valence electrons. The maximum atomic E-state index is 12.1. The first kappa shape index (κ1) is 22.0. The summed E-state index contributed by atoms with van der Waals surface area (Å²) in [6.45, 7) is 0.814. The van der Waals surface area contributed by atoms with Gasteiger partial charge in [-0.1, -0.05) is 18.2 Å². The number of rotatable bonds is 6. The summed E-state index contributed by atoms with van der Waals surface area (Å²) in [4.78, 5) is 16.5. The van der Waals surface area contributed by atoms with Gasteiger partial charge in [0, 0.05) is 17.8 Å². The third-order valence-electron chi connectivity index (χ3n) is 4.67. The van der Waals surface area contributed by atoms with Crippen molar-refractivity contribution in [3.8, 4) is 5.75 Å². The molecule has 0 fully saturated rings. The van der Waals surface area contributed by atoms with Gasteiger partial charge in [-0.3, -0.25) is 9.79 Å². The van der Waals surface area contributed by atoms with E-state index < -0.39 is 0 Å². The second-order valence-electron chi connectivity index (χ2n) is 6.53. The SMILES string of the molecule is COc1cccc(C(=O)NCCN=C(N)Nc2cccc3c2CCCC3)c1.I. The largest absolute Gasteiger partial charge is 0.497 e. The molecule has 2 aromatic carbocycles. The van der Waals surface area contributed by atoms with Gasteiger partial charge < -0.3 is 21.1 Å². The molecule has 0 aromatic heterocycles. The van der Waals surface area contributed by atoms with Gasteiger partial charge in [-0.05, 0) is 61.1 Å². The van der Waals surface area contributed by atoms with Gasteiger partial charge in [-0.25, -0.2) is 0 Å². The van der Waals surface area contributed by atoms with Crippen LogP contribution in [-0.4, -0.2) is 32.1 Å². The molecule has 1 aliphatic carbocycles. The van der Waals surface area contributed by atoms with E-state index in [1.165, 1.54) is 24.0 Å². The smallest absolute Gasteiger partial charge is 0.251 e. The number of hydrogen-bond donors (Lipinski definition) is 3. The van der Waals surface area contributed by atoms with Crippen molar-refractivity contribution in [2.24, 2.45) is 10.7 Å². The van der Waals surface area contributed by atoms with Gasteiger partial charge in [0.2, 0.25) is 0 Å². The number of nitrogens with two attached hydrogens (primary N) is 1. The third-order valence-corrected chi connectivity index (χ3v) is 4.67. The summed E-state index contributed by atoms with van der Waals surface area (Å²) in [7, 11) is 1.57. The van der Waals surface area contributed by atoms with Crippen molar-refractivity contribution >= 4 is 41.5 Å². The highest BCUT2D eigenvalue weighted by Gasteiger charge is 2.13. The standard InChI is InChI=1S/C21H26N4O2.HI/c1-27-17-9-4-8-16(14-17)20(26)23-12-13-24-21(22)25-19-11-5-7-15-6-2-3-10-18(15)19;/h4-5,7-9,11,14H,2-3,6,10,12-13H2,1H3,(H,23,26)(H3,22,24,25);1H. The third kappa shape index (κ3) is 5.85. The fraction of sp³-hybridized carbons (Fsp3) is 0.333. The Morgan fingerprint density at radius 1 is 1.18 bits per heavy atom. The van der Waals surface area contributed by atoms with Gasteiger partial charge in [0.1, 0.15) is 5.75 Å². The topological polar surface area (TPSA) is 88.7 Å². The van der Waals surface area contributed by atoms with Crippen molar-refractivity contribution in [2.75, 3.05) is 25.5 Å². The number of guanidine groups is 1. The van der Waals surface area contributed by atoms with Crippen molar-refractivity contribution in [1.82, 2.24) is 5.32 Å². The van der Waals surface area contributed by atoms with E-state index in [4.69, 9.17) is 10.5 Å². The van der Waals surface area contributed by atoms with E-state index in [9.17, 15) is 4.79 Å². The van der Waals surface area contributed by atoms with E-state index in [2.05, 4.69) is 21.7 Å². The van der Waals surface area contributed by atoms with Crippen LogP contribution in [0, 0.1) is 0 Å². The van der Waals surface area contributed by atoms with Crippen molar-refractivity contribution in [3.05, 3.63) is 59.2 Å². The Balaban J connectivity index is 0.00000280. The molecule has 1 aliphatic rings. The number of methoxy groups -OCH3 is 1. The molecule has 4 N–H and O–H groups in total. The summed E-state index contributed by atoms with van der Waals surface area (Å²) in [5.41, 5.74) is 10.3. The molecule has 0 radical (unpaired) electrons. The van der Waals surface area contributed by atoms with Crippen LogP contribution in [0.15, 0.2) is 47.5 Å². The Hall–Kier alpha value is -2.29. The fourth-order valence-electron chi connectivity index (χ4n) is 3.29. The van der Waals surface area contributed by atoms with Crippen LogP contribution >= 0.6 is 24.0 Å². The number of carbonyl (C=O) groups excluding carboxylic acids is 1. The predicted octanol–water partition coefficient (Wildman–Crippen LogP) is 3.35. The van der Waals surface area contributed by atoms with Crippen LogP contribution in [0.25, 0.3) is 0 Å². The van der Waals surface area contributed by atoms with E-state index >= 15 is 0 Å². The van der Waals surface area contributed by atoms with Crippen molar-refractivity contribution < 1.29 is 9.53 Å². The maximum absolute atomic E-state index is 12.1. The zero-order chi connectivity index (χ0) is 19.1. The number of ether oxygens (including phenoxy) is 1. The van der Waals surface area contributed by atoms with Gasteiger partial charge in [0.15, 0.2) is 5.96 Å². The van der Waals surface area contributed by atoms with E-state index in [1.807, 2.05) is 12.1 Å². The number of aliphatic imine (C=N–C) groups is 1. The highest BCUT2D eigenvalue weighted by molar-refractivity contribution is 14.0. The Kier molecular flexibility index (Phi) is 8.56. The van der Waals surface area contributed by atoms with E-state index in [-0.39, 0.29) is 29.9 Å². The summed E-state index contributed by atoms with van der Waals surface area (Å²) in [5, 5.41) is 6.04. The molecule has 0 unspecified atom stereocenters. The molecule has 1 amide bonds. The Morgan fingerprint density at radius 2 is 1.96 bits per heavy atom. The maximum Gasteiger partial charge on any atom is 0.251 e. The van der Waals surface area contributed by atoms with Gasteiger partial charge in [0.05, 0.1) is 13.7 Å². The number of aryl methyl sites for hydroxylation is 1. The first-order chi connectivity index (χ1) is 13.2. The van der Waals surface area contributed by atoms with E-state index in [0.717, 1.165) is 18.5 Å². The van der Waals surface area contributed by atoms with Crippen LogP contribution in [-0.2, 0) is 12.8 Å². The second-order valence-corrected chi connectivity index (χ2v) is 6.53. The van der Waals surface area contributed by atoms with Crippen molar-refractivity contribution in [1.29, 1.82) is 0 Å². The molecule has 0 heterocycles. The Morgan fingerprint density at radius 3 is 2.79 bits per heavy atom. The molecule has 2 aromatic rings. The number of amides is 1. The van der Waals surface area contributed by atoms with Gasteiger partial charge in [-0.2, -0.15) is 0 Å². The Labute approximate surface area is 183 Å². The average Bonchev–Trinajstić information content (AvgIpc) is 2.71. The predicted molar refractivity (Wildman–Crippen MR) is 124 cm³/mol. The highest BCUT2D eigenvalue weighted by atomic mass is 127. The summed E-state index contributed by atoms with van der Waals surface area (Å²) in [6, 6.07) is 13.3. The van der Waals surface area contributed by atoms with Crippen molar-refractivity contribution in [3.63, 3.8) is 0 Å². The Bertz CT molecular complexity index is 839. The normalized spacial score (nSPS) is 13.1. The summed E-state index contributed by atoms with van der Waals surface area (Å²) >= 11 is 0. The lowest BCUT2D eigenvalue weighted by Gasteiger charge is -2.19. The molecular weight excluding hydrogens is 467 g/mol. The summed E-state index contributed by atoms with van der Waals surface area (Å²) in [5.74, 6) is 0.859. The van der Waals surface area contributed by atoms with E-state index in [0.29, 0.717) is 30.4 Å². The minimum atomic E-state index is -0.159. The number of hydrogen-bond acceptors (Lipinski definition) is 3. The van der Waals surface area contributed by atoms with E-state index in [1.54, 1.807) is 31.4 Å². The second kappa shape index (κ2) is 10.9. The minimum Gasteiger partial charge on any atom is -0.497 e. The molecule has 3 rings (SSSR count). The molecule has 0 atom stereocenters. The zero-order valence-electron chi connectivity index (χ0n) is 16.0. The van der Waals surface area contributed by atoms with Crippen LogP contribution in [0.2, 0.25) is 0 Å². The van der Waals surface area contributed by atoms with Crippen LogP contribution in [0.1, 0.15) is 34.3 Å². The molecule has 7 heteroatoms. The lowest BCUT2D eigenvalue weighted by Crippen LogP contribution is -2.28. The number of nitrogens with one attached hydrogen (secondary N) is 2. The van der Waals surface area contributed by atoms with Crippen LogP contribution < -0.4 is 21.1 Å². The molecule has 0 bridgehead atoms. The monoisotopic (exact) mass is 494 g/mol. The first-order valence-electron chi connectivity index (χ1n) is 9.27. The minimum absolute atomic E-state index is 0. The molecule has 0 saturated carbocycles. The summed E-state index contributed by atoms with van der Waals surface area (Å²) < 4.78 is 5.13. The van der Waals surface area contributed by atoms with Gasteiger partial charge >= 0.3 is 0 Å². The lowest BCUT2D eigenvalue weighted by molar-refractivity contribution is 0.0954. The van der Waals surface area contributed by atoms with Crippen LogP contribution in [0.3, 0.4) is 0 Å². The van der Waals surface area contributed by atoms with Crippen molar-refractivity contribution in [2.45, 2.75) is 25.7 Å². The molecule has 0 spiro atoms. The number of nitrogens with zero attached hydrogens (tertiary/aromatic N) is 1. The molecule has 0 saturated heterocycles. The van der Waals surface area contributed by atoms with Crippen LogP contribution in [0.4, 0.5) is 5.69 Å². The molecular formula is C21H27IN4O2. The fourth-order valence-corrected chi connectivity index (χ4v) is 3.29. The average molecular weight is 494 g/mol. The molecule has 6 nitrogen and oxygen atoms in total.